The number of hydrogen-bond donors (Lipinski definition) is 3. The Morgan fingerprint density at radius 3 is 2.64 bits per heavy atom. The van der Waals surface area contributed by atoms with Gasteiger partial charge in [0.25, 0.3) is 5.91 Å². The Morgan fingerprint density at radius 1 is 1.32 bits per heavy atom. The lowest BCUT2D eigenvalue weighted by Gasteiger charge is -2.32. The molecule has 25 heavy (non-hydrogen) atoms. The number of carbonyl (C=O) groups is 1. The van der Waals surface area contributed by atoms with E-state index in [0.717, 1.165) is 31.9 Å². The van der Waals surface area contributed by atoms with Crippen molar-refractivity contribution in [1.29, 1.82) is 0 Å². The van der Waals surface area contributed by atoms with Gasteiger partial charge in [0.2, 0.25) is 0 Å². The summed E-state index contributed by atoms with van der Waals surface area (Å²) in [6.07, 6.45) is 4.97. The molecule has 1 amide bonds. The first kappa shape index (κ1) is 21.8. The predicted molar refractivity (Wildman–Crippen MR) is 111 cm³/mol. The number of aliphatic imine (C=N–C) groups is 1. The third kappa shape index (κ3) is 7.64. The van der Waals surface area contributed by atoms with Crippen LogP contribution >= 0.6 is 24.0 Å². The summed E-state index contributed by atoms with van der Waals surface area (Å²) in [5, 5.41) is 9.50. The molecule has 142 valence electrons. The normalized spacial score (nSPS) is 16.2. The Balaban J connectivity index is 0.00000312. The minimum absolute atomic E-state index is 0. The Bertz CT molecular complexity index is 513. The molecule has 3 N–H and O–H groups in total. The van der Waals surface area contributed by atoms with E-state index in [1.165, 1.54) is 19.2 Å². The second-order valence-electron chi connectivity index (χ2n) is 5.99. The van der Waals surface area contributed by atoms with Crippen LogP contribution in [0.3, 0.4) is 0 Å². The zero-order chi connectivity index (χ0) is 17.2. The van der Waals surface area contributed by atoms with Crippen LogP contribution in [0.1, 0.15) is 36.7 Å². The zero-order valence-electron chi connectivity index (χ0n) is 15.1. The highest BCUT2D eigenvalue weighted by atomic mass is 127. The number of piperidine rings is 1. The standard InChI is InChI=1S/C17H29N5O2.HI/c1-3-10-22-11-6-14(7-12-22)21-17(18-2)20-9-8-19-16(23)15-5-4-13-24-15;/h4-5,13-14H,3,6-12H2,1-2H3,(H,19,23)(H2,18,20,21);1H. The highest BCUT2D eigenvalue weighted by Gasteiger charge is 2.19. The Kier molecular flexibility index (Phi) is 10.6. The third-order valence-corrected chi connectivity index (χ3v) is 4.14. The van der Waals surface area contributed by atoms with E-state index in [0.29, 0.717) is 24.9 Å². The van der Waals surface area contributed by atoms with Gasteiger partial charge in [-0.2, -0.15) is 0 Å². The highest BCUT2D eigenvalue weighted by Crippen LogP contribution is 2.10. The summed E-state index contributed by atoms with van der Waals surface area (Å²) < 4.78 is 5.05. The molecule has 0 bridgehead atoms. The lowest BCUT2D eigenvalue weighted by molar-refractivity contribution is 0.0926. The zero-order valence-corrected chi connectivity index (χ0v) is 17.4. The molecule has 1 aliphatic rings. The predicted octanol–water partition coefficient (Wildman–Crippen LogP) is 1.67. The topological polar surface area (TPSA) is 81.9 Å². The Labute approximate surface area is 167 Å². The minimum atomic E-state index is -0.201. The average Bonchev–Trinajstić information content (AvgIpc) is 3.14. The molecule has 0 aromatic carbocycles. The van der Waals surface area contributed by atoms with Gasteiger partial charge < -0.3 is 25.3 Å². The first-order valence-corrected chi connectivity index (χ1v) is 8.74. The van der Waals surface area contributed by atoms with Crippen LogP contribution in [0.4, 0.5) is 0 Å². The van der Waals surface area contributed by atoms with E-state index in [1.54, 1.807) is 19.2 Å². The molecule has 2 rings (SSSR count). The van der Waals surface area contributed by atoms with E-state index < -0.39 is 0 Å². The quantitative estimate of drug-likeness (QED) is 0.248. The molecular weight excluding hydrogens is 433 g/mol. The molecule has 1 aromatic rings. The Hall–Kier alpha value is -1.29. The van der Waals surface area contributed by atoms with Crippen LogP contribution in [-0.4, -0.2) is 62.6 Å². The number of amides is 1. The average molecular weight is 463 g/mol. The van der Waals surface area contributed by atoms with Gasteiger partial charge in [-0.1, -0.05) is 6.92 Å². The molecule has 2 heterocycles. The summed E-state index contributed by atoms with van der Waals surface area (Å²) >= 11 is 0. The molecule has 7 nitrogen and oxygen atoms in total. The van der Waals surface area contributed by atoms with Crippen LogP contribution in [0.25, 0.3) is 0 Å². The largest absolute Gasteiger partial charge is 0.459 e. The van der Waals surface area contributed by atoms with Crippen molar-refractivity contribution in [2.75, 3.05) is 39.8 Å². The lowest BCUT2D eigenvalue weighted by atomic mass is 10.1. The van der Waals surface area contributed by atoms with Crippen molar-refractivity contribution in [3.63, 3.8) is 0 Å². The second-order valence-corrected chi connectivity index (χ2v) is 5.99. The number of nitrogens with one attached hydrogen (secondary N) is 3. The van der Waals surface area contributed by atoms with Gasteiger partial charge in [-0.05, 0) is 37.9 Å². The fraction of sp³-hybridized carbons (Fsp3) is 0.647. The molecule has 1 fully saturated rings. The first-order chi connectivity index (χ1) is 11.7. The first-order valence-electron chi connectivity index (χ1n) is 8.74. The number of rotatable bonds is 7. The number of carbonyl (C=O) groups excluding carboxylic acids is 1. The molecule has 8 heteroatoms. The van der Waals surface area contributed by atoms with E-state index in [-0.39, 0.29) is 29.9 Å². The molecule has 0 aliphatic carbocycles. The Morgan fingerprint density at radius 2 is 2.04 bits per heavy atom. The second kappa shape index (κ2) is 12.1. The summed E-state index contributed by atoms with van der Waals surface area (Å²) in [7, 11) is 1.77. The van der Waals surface area contributed by atoms with E-state index in [4.69, 9.17) is 4.42 Å². The minimum Gasteiger partial charge on any atom is -0.459 e. The summed E-state index contributed by atoms with van der Waals surface area (Å²) in [6, 6.07) is 3.81. The maximum atomic E-state index is 11.7. The van der Waals surface area contributed by atoms with Gasteiger partial charge in [-0.15, -0.1) is 24.0 Å². The SMILES string of the molecule is CCCN1CCC(NC(=NC)NCCNC(=O)c2ccco2)CC1.I. The van der Waals surface area contributed by atoms with E-state index in [9.17, 15) is 4.79 Å². The van der Waals surface area contributed by atoms with Crippen molar-refractivity contribution in [2.24, 2.45) is 4.99 Å². The van der Waals surface area contributed by atoms with Crippen LogP contribution in [0.15, 0.2) is 27.8 Å². The number of hydrogen-bond acceptors (Lipinski definition) is 4. The van der Waals surface area contributed by atoms with E-state index >= 15 is 0 Å². The molecular formula is C17H30IN5O2. The summed E-state index contributed by atoms with van der Waals surface area (Å²) in [6.45, 7) is 6.81. The van der Waals surface area contributed by atoms with E-state index in [1.807, 2.05) is 0 Å². The maximum Gasteiger partial charge on any atom is 0.287 e. The molecule has 0 saturated carbocycles. The summed E-state index contributed by atoms with van der Waals surface area (Å²) in [4.78, 5) is 18.5. The molecule has 0 unspecified atom stereocenters. The summed E-state index contributed by atoms with van der Waals surface area (Å²) in [5.41, 5.74) is 0. The van der Waals surface area contributed by atoms with Crippen LogP contribution in [0.5, 0.6) is 0 Å². The van der Waals surface area contributed by atoms with Gasteiger partial charge in [0.15, 0.2) is 11.7 Å². The fourth-order valence-electron chi connectivity index (χ4n) is 2.86. The van der Waals surface area contributed by atoms with Crippen LogP contribution in [0, 0.1) is 0 Å². The number of furan rings is 1. The van der Waals surface area contributed by atoms with Crippen LogP contribution in [0.2, 0.25) is 0 Å². The molecule has 0 atom stereocenters. The van der Waals surface area contributed by atoms with Gasteiger partial charge in [0.05, 0.1) is 6.26 Å². The number of halogens is 1. The van der Waals surface area contributed by atoms with Crippen molar-refractivity contribution < 1.29 is 9.21 Å². The molecule has 1 saturated heterocycles. The van der Waals surface area contributed by atoms with Crippen LogP contribution < -0.4 is 16.0 Å². The van der Waals surface area contributed by atoms with Gasteiger partial charge >= 0.3 is 0 Å². The van der Waals surface area contributed by atoms with Crippen LogP contribution in [-0.2, 0) is 0 Å². The van der Waals surface area contributed by atoms with Crippen molar-refractivity contribution in [1.82, 2.24) is 20.9 Å². The maximum absolute atomic E-state index is 11.7. The van der Waals surface area contributed by atoms with Crippen molar-refractivity contribution >= 4 is 35.8 Å². The molecule has 1 aromatic heterocycles. The van der Waals surface area contributed by atoms with Crippen molar-refractivity contribution in [3.8, 4) is 0 Å². The third-order valence-electron chi connectivity index (χ3n) is 4.14. The van der Waals surface area contributed by atoms with Crippen molar-refractivity contribution in [3.05, 3.63) is 24.2 Å². The van der Waals surface area contributed by atoms with E-state index in [2.05, 4.69) is 32.8 Å². The van der Waals surface area contributed by atoms with Gasteiger partial charge in [-0.3, -0.25) is 9.79 Å². The van der Waals surface area contributed by atoms with Crippen molar-refractivity contribution in [2.45, 2.75) is 32.2 Å². The number of guanidine groups is 1. The molecule has 0 spiro atoms. The number of likely N-dealkylation sites (tertiary alicyclic amines) is 1. The smallest absolute Gasteiger partial charge is 0.287 e. The van der Waals surface area contributed by atoms with Gasteiger partial charge in [0, 0.05) is 39.3 Å². The molecule has 0 radical (unpaired) electrons. The van der Waals surface area contributed by atoms with Gasteiger partial charge in [0.1, 0.15) is 0 Å². The molecule has 1 aliphatic heterocycles. The summed E-state index contributed by atoms with van der Waals surface area (Å²) in [5.74, 6) is 0.917. The highest BCUT2D eigenvalue weighted by molar-refractivity contribution is 14.0. The number of nitrogens with zero attached hydrogens (tertiary/aromatic N) is 2. The monoisotopic (exact) mass is 463 g/mol. The van der Waals surface area contributed by atoms with Gasteiger partial charge in [-0.25, -0.2) is 0 Å². The lowest BCUT2D eigenvalue weighted by Crippen LogP contribution is -2.49. The fourth-order valence-corrected chi connectivity index (χ4v) is 2.86.